The molecule has 0 amide bonds. The second-order valence-electron chi connectivity index (χ2n) is 8.99. The van der Waals surface area contributed by atoms with Crippen LogP contribution in [-0.2, 0) is 26.6 Å². The van der Waals surface area contributed by atoms with Gasteiger partial charge in [0.1, 0.15) is 15.5 Å². The van der Waals surface area contributed by atoms with Crippen molar-refractivity contribution in [3.8, 4) is 0 Å². The lowest BCUT2D eigenvalue weighted by Gasteiger charge is -2.36. The van der Waals surface area contributed by atoms with Gasteiger partial charge < -0.3 is 4.74 Å². The number of aryl methyl sites for hydroxylation is 1. The topological polar surface area (TPSA) is 41.9 Å². The Hall–Kier alpha value is -3.25. The Morgan fingerprint density at radius 3 is 1.53 bits per heavy atom. The first kappa shape index (κ1) is 24.4. The van der Waals surface area contributed by atoms with Gasteiger partial charge in [-0.05, 0) is 28.7 Å². The van der Waals surface area contributed by atoms with Gasteiger partial charge in [0, 0.05) is 18.8 Å². The summed E-state index contributed by atoms with van der Waals surface area (Å²) in [5.41, 5.74) is 3.25. The molecule has 5 rings (SSSR count). The van der Waals surface area contributed by atoms with Gasteiger partial charge in [-0.1, -0.05) is 121 Å². The lowest BCUT2D eigenvalue weighted by Crippen LogP contribution is -2.44. The molecule has 0 bridgehead atoms. The minimum atomic E-state index is -2.81. The molecule has 0 aromatic heterocycles. The van der Waals surface area contributed by atoms with Crippen LogP contribution in [0.2, 0.25) is 0 Å². The van der Waals surface area contributed by atoms with E-state index >= 15 is 4.21 Å². The van der Waals surface area contributed by atoms with Crippen molar-refractivity contribution in [2.45, 2.75) is 12.0 Å². The van der Waals surface area contributed by atoms with Crippen LogP contribution in [0.25, 0.3) is 0 Å². The van der Waals surface area contributed by atoms with Crippen molar-refractivity contribution in [1.82, 2.24) is 4.31 Å². The fraction of sp³-hybridized carbons (Fsp3) is 0.226. The van der Waals surface area contributed by atoms with Gasteiger partial charge in [0.05, 0.1) is 13.2 Å². The molecule has 0 spiro atoms. The third-order valence-electron chi connectivity index (χ3n) is 6.73. The molecule has 1 aliphatic heterocycles. The number of rotatable bonds is 8. The van der Waals surface area contributed by atoms with Crippen LogP contribution in [0.5, 0.6) is 0 Å². The van der Waals surface area contributed by atoms with Crippen molar-refractivity contribution < 1.29 is 8.95 Å². The quantitative estimate of drug-likeness (QED) is 0.284. The largest absolute Gasteiger partial charge is 0.379 e. The van der Waals surface area contributed by atoms with Crippen LogP contribution in [0.15, 0.2) is 126 Å². The van der Waals surface area contributed by atoms with E-state index in [-0.39, 0.29) is 0 Å². The van der Waals surface area contributed by atoms with Crippen molar-refractivity contribution in [3.63, 3.8) is 0 Å². The number of morpholine rings is 1. The van der Waals surface area contributed by atoms with E-state index in [1.54, 1.807) is 0 Å². The lowest BCUT2D eigenvalue weighted by atomic mass is 9.78. The van der Waals surface area contributed by atoms with E-state index < -0.39 is 15.5 Å². The SMILES string of the molecule is O=S(CCc1ccccc1)(=NC(c1ccccc1)(c1ccccc1)c1ccccc1)N1CCOCC1. The Balaban J connectivity index is 1.76. The summed E-state index contributed by atoms with van der Waals surface area (Å²) in [5.74, 6) is 0.450. The Morgan fingerprint density at radius 2 is 1.08 bits per heavy atom. The molecule has 4 aromatic rings. The summed E-state index contributed by atoms with van der Waals surface area (Å²) in [5, 5.41) is 0. The van der Waals surface area contributed by atoms with E-state index in [0.29, 0.717) is 38.5 Å². The number of ether oxygens (including phenoxy) is 1. The number of nitrogens with zero attached hydrogens (tertiary/aromatic N) is 2. The first-order chi connectivity index (χ1) is 17.7. The molecule has 5 heteroatoms. The van der Waals surface area contributed by atoms with Crippen LogP contribution < -0.4 is 0 Å². The fourth-order valence-electron chi connectivity index (χ4n) is 4.87. The second kappa shape index (κ2) is 11.2. The molecule has 1 unspecified atom stereocenters. The van der Waals surface area contributed by atoms with E-state index in [1.807, 2.05) is 72.8 Å². The molecular formula is C31H32N2O2S. The molecular weight excluding hydrogens is 464 g/mol. The van der Waals surface area contributed by atoms with Crippen molar-refractivity contribution >= 4 is 9.92 Å². The van der Waals surface area contributed by atoms with Crippen LogP contribution in [0.3, 0.4) is 0 Å². The predicted octanol–water partition coefficient (Wildman–Crippen LogP) is 5.94. The molecule has 184 valence electrons. The van der Waals surface area contributed by atoms with Gasteiger partial charge in [-0.25, -0.2) is 12.9 Å². The summed E-state index contributed by atoms with van der Waals surface area (Å²) < 4.78 is 28.3. The molecule has 36 heavy (non-hydrogen) atoms. The summed E-state index contributed by atoms with van der Waals surface area (Å²) in [6.07, 6.45) is 0.689. The highest BCUT2D eigenvalue weighted by Crippen LogP contribution is 2.42. The Labute approximate surface area is 214 Å². The highest BCUT2D eigenvalue weighted by Gasteiger charge is 2.39. The minimum absolute atomic E-state index is 0.450. The first-order valence-electron chi connectivity index (χ1n) is 12.5. The number of benzene rings is 4. The van der Waals surface area contributed by atoms with Gasteiger partial charge in [-0.2, -0.15) is 0 Å². The fourth-order valence-corrected chi connectivity index (χ4v) is 7.30. The molecule has 0 radical (unpaired) electrons. The van der Waals surface area contributed by atoms with Crippen LogP contribution >= 0.6 is 0 Å². The maximum atomic E-state index is 15.2. The van der Waals surface area contributed by atoms with Crippen LogP contribution in [0.1, 0.15) is 22.3 Å². The molecule has 0 saturated carbocycles. The zero-order valence-corrected chi connectivity index (χ0v) is 21.2. The monoisotopic (exact) mass is 496 g/mol. The molecule has 1 atom stereocenters. The van der Waals surface area contributed by atoms with Gasteiger partial charge in [0.15, 0.2) is 0 Å². The second-order valence-corrected chi connectivity index (χ2v) is 11.3. The first-order valence-corrected chi connectivity index (χ1v) is 14.1. The van der Waals surface area contributed by atoms with Crippen LogP contribution in [-0.4, -0.2) is 40.6 Å². The zero-order valence-electron chi connectivity index (χ0n) is 20.4. The van der Waals surface area contributed by atoms with Crippen molar-refractivity contribution in [1.29, 1.82) is 0 Å². The van der Waals surface area contributed by atoms with E-state index in [1.165, 1.54) is 5.56 Å². The Bertz CT molecular complexity index is 1250. The molecule has 4 nitrogen and oxygen atoms in total. The number of hydrogen-bond acceptors (Lipinski definition) is 3. The van der Waals surface area contributed by atoms with Gasteiger partial charge in [0.25, 0.3) is 0 Å². The molecule has 4 aromatic carbocycles. The van der Waals surface area contributed by atoms with E-state index in [2.05, 4.69) is 52.8 Å². The zero-order chi connectivity index (χ0) is 24.7. The highest BCUT2D eigenvalue weighted by molar-refractivity contribution is 7.91. The smallest absolute Gasteiger partial charge is 0.146 e. The summed E-state index contributed by atoms with van der Waals surface area (Å²) >= 11 is 0. The maximum Gasteiger partial charge on any atom is 0.146 e. The lowest BCUT2D eigenvalue weighted by molar-refractivity contribution is 0.0744. The van der Waals surface area contributed by atoms with Crippen LogP contribution in [0, 0.1) is 0 Å². The molecule has 1 saturated heterocycles. The van der Waals surface area contributed by atoms with Crippen molar-refractivity contribution in [2.75, 3.05) is 32.1 Å². The third-order valence-corrected chi connectivity index (χ3v) is 9.19. The van der Waals surface area contributed by atoms with E-state index in [9.17, 15) is 0 Å². The molecule has 1 aliphatic rings. The minimum Gasteiger partial charge on any atom is -0.379 e. The van der Waals surface area contributed by atoms with E-state index in [0.717, 1.165) is 16.7 Å². The molecule has 1 fully saturated rings. The predicted molar refractivity (Wildman–Crippen MR) is 147 cm³/mol. The van der Waals surface area contributed by atoms with Crippen molar-refractivity contribution in [2.24, 2.45) is 4.36 Å². The van der Waals surface area contributed by atoms with Crippen molar-refractivity contribution in [3.05, 3.63) is 144 Å². The van der Waals surface area contributed by atoms with Gasteiger partial charge in [-0.3, -0.25) is 0 Å². The highest BCUT2D eigenvalue weighted by atomic mass is 32.2. The summed E-state index contributed by atoms with van der Waals surface area (Å²) in [6.45, 7) is 2.33. The third kappa shape index (κ3) is 5.14. The molecule has 0 N–H and O–H groups in total. The molecule has 0 aliphatic carbocycles. The summed E-state index contributed by atoms with van der Waals surface area (Å²) in [6, 6.07) is 41.1. The van der Waals surface area contributed by atoms with Gasteiger partial charge >= 0.3 is 0 Å². The maximum absolute atomic E-state index is 15.2. The van der Waals surface area contributed by atoms with Gasteiger partial charge in [-0.15, -0.1) is 0 Å². The van der Waals surface area contributed by atoms with Gasteiger partial charge in [0.2, 0.25) is 0 Å². The number of hydrogen-bond donors (Lipinski definition) is 0. The summed E-state index contributed by atoms with van der Waals surface area (Å²) in [4.78, 5) is 0. The van der Waals surface area contributed by atoms with E-state index in [4.69, 9.17) is 9.10 Å². The molecule has 1 heterocycles. The standard InChI is InChI=1S/C31H32N2O2S/c34-36(33-22-24-35-25-23-33,26-21-27-13-5-1-6-14-27)32-31(28-15-7-2-8-16-28,29-17-9-3-10-18-29)30-19-11-4-12-20-30/h1-20H,21-26H2. The van der Waals surface area contributed by atoms with Crippen LogP contribution in [0.4, 0.5) is 0 Å². The Kier molecular flexibility index (Phi) is 7.61. The average Bonchev–Trinajstić information content (AvgIpc) is 2.97. The summed E-state index contributed by atoms with van der Waals surface area (Å²) in [7, 11) is -2.81. The Morgan fingerprint density at radius 1 is 0.667 bits per heavy atom. The average molecular weight is 497 g/mol. The normalized spacial score (nSPS) is 16.2.